The molecule has 0 saturated heterocycles. The number of hydrogen-bond donors (Lipinski definition) is 0. The van der Waals surface area contributed by atoms with E-state index >= 15 is 0 Å². The second-order valence-electron chi connectivity index (χ2n) is 5.18. The average molecular weight is 305 g/mol. The number of fused-ring (bicyclic) bond motifs is 1. The highest BCUT2D eigenvalue weighted by Crippen LogP contribution is 2.32. The summed E-state index contributed by atoms with van der Waals surface area (Å²) >= 11 is 0. The zero-order chi connectivity index (χ0) is 15.5. The van der Waals surface area contributed by atoms with Gasteiger partial charge in [-0.1, -0.05) is 6.07 Å². The molecule has 0 bridgehead atoms. The van der Waals surface area contributed by atoms with Crippen LogP contribution in [0.15, 0.2) is 42.5 Å². The van der Waals surface area contributed by atoms with Gasteiger partial charge in [0.15, 0.2) is 0 Å². The first-order valence-corrected chi connectivity index (χ1v) is 7.18. The van der Waals surface area contributed by atoms with Gasteiger partial charge in [0.05, 0.1) is 6.61 Å². The van der Waals surface area contributed by atoms with E-state index in [1.807, 2.05) is 24.1 Å². The average Bonchev–Trinajstić information content (AvgIpc) is 2.54. The fraction of sp³-hybridized carbons (Fsp3) is 0.294. The van der Waals surface area contributed by atoms with Gasteiger partial charge in [-0.2, -0.15) is 8.78 Å². The summed E-state index contributed by atoms with van der Waals surface area (Å²) in [6.45, 7) is -2.05. The molecule has 116 valence electrons. The number of rotatable bonds is 4. The lowest BCUT2D eigenvalue weighted by Crippen LogP contribution is -2.12. The van der Waals surface area contributed by atoms with Crippen molar-refractivity contribution in [2.45, 2.75) is 19.5 Å². The Balaban J connectivity index is 1.79. The summed E-state index contributed by atoms with van der Waals surface area (Å²) in [6, 6.07) is 12.7. The number of alkyl halides is 2. The lowest BCUT2D eigenvalue weighted by Gasteiger charge is -2.23. The normalized spacial score (nSPS) is 13.5. The van der Waals surface area contributed by atoms with Crippen molar-refractivity contribution in [3.8, 4) is 11.5 Å². The molecule has 0 unspecified atom stereocenters. The monoisotopic (exact) mass is 305 g/mol. The molecule has 3 rings (SSSR count). The standard InChI is InChI=1S/C17H17F2NO2/c1-20(13-6-8-15(9-7-13)22-17(18)19)14-5-4-12-3-2-10-21-16(12)11-14/h4-9,11,17H,2-3,10H2,1H3. The molecule has 1 heterocycles. The Labute approximate surface area is 128 Å². The maximum Gasteiger partial charge on any atom is 0.387 e. The number of ether oxygens (including phenoxy) is 2. The second kappa shape index (κ2) is 6.22. The van der Waals surface area contributed by atoms with Crippen molar-refractivity contribution in [1.82, 2.24) is 0 Å². The van der Waals surface area contributed by atoms with Gasteiger partial charge in [0.2, 0.25) is 0 Å². The second-order valence-corrected chi connectivity index (χ2v) is 5.18. The van der Waals surface area contributed by atoms with Crippen molar-refractivity contribution in [1.29, 1.82) is 0 Å². The van der Waals surface area contributed by atoms with Crippen molar-refractivity contribution < 1.29 is 18.3 Å². The SMILES string of the molecule is CN(c1ccc(OC(F)F)cc1)c1ccc2c(c1)OCCC2. The zero-order valence-electron chi connectivity index (χ0n) is 12.3. The van der Waals surface area contributed by atoms with E-state index in [0.717, 1.165) is 36.6 Å². The first kappa shape index (κ1) is 14.6. The van der Waals surface area contributed by atoms with Crippen molar-refractivity contribution in [3.05, 3.63) is 48.0 Å². The molecule has 3 nitrogen and oxygen atoms in total. The summed E-state index contributed by atoms with van der Waals surface area (Å²) in [6.07, 6.45) is 2.09. The van der Waals surface area contributed by atoms with Gasteiger partial charge in [-0.15, -0.1) is 0 Å². The molecule has 5 heteroatoms. The van der Waals surface area contributed by atoms with Gasteiger partial charge in [-0.25, -0.2) is 0 Å². The number of aryl methyl sites for hydroxylation is 1. The first-order valence-electron chi connectivity index (χ1n) is 7.18. The van der Waals surface area contributed by atoms with Crippen molar-refractivity contribution in [2.75, 3.05) is 18.6 Å². The smallest absolute Gasteiger partial charge is 0.387 e. The van der Waals surface area contributed by atoms with Gasteiger partial charge in [0.1, 0.15) is 11.5 Å². The van der Waals surface area contributed by atoms with Crippen LogP contribution in [0, 0.1) is 0 Å². The Kier molecular flexibility index (Phi) is 4.13. The third-order valence-corrected chi connectivity index (χ3v) is 3.74. The van der Waals surface area contributed by atoms with Crippen molar-refractivity contribution >= 4 is 11.4 Å². The van der Waals surface area contributed by atoms with E-state index in [2.05, 4.69) is 10.8 Å². The lowest BCUT2D eigenvalue weighted by atomic mass is 10.1. The molecular weight excluding hydrogens is 288 g/mol. The van der Waals surface area contributed by atoms with Crippen LogP contribution in [0.25, 0.3) is 0 Å². The zero-order valence-corrected chi connectivity index (χ0v) is 12.3. The van der Waals surface area contributed by atoms with Gasteiger partial charge in [-0.05, 0) is 48.7 Å². The van der Waals surface area contributed by atoms with Crippen LogP contribution in [-0.4, -0.2) is 20.3 Å². The minimum Gasteiger partial charge on any atom is -0.493 e. The van der Waals surface area contributed by atoms with Crippen LogP contribution in [0.1, 0.15) is 12.0 Å². The van der Waals surface area contributed by atoms with Gasteiger partial charge in [0.25, 0.3) is 0 Å². The summed E-state index contributed by atoms with van der Waals surface area (Å²) in [5.41, 5.74) is 3.10. The molecule has 0 atom stereocenters. The first-order chi connectivity index (χ1) is 10.6. The lowest BCUT2D eigenvalue weighted by molar-refractivity contribution is -0.0498. The number of hydrogen-bond acceptors (Lipinski definition) is 3. The van der Waals surface area contributed by atoms with Crippen LogP contribution in [-0.2, 0) is 6.42 Å². The summed E-state index contributed by atoms with van der Waals surface area (Å²) in [5.74, 6) is 1.08. The Hall–Kier alpha value is -2.30. The number of halogens is 2. The van der Waals surface area contributed by atoms with Crippen LogP contribution in [0.5, 0.6) is 11.5 Å². The van der Waals surface area contributed by atoms with Crippen LogP contribution in [0.3, 0.4) is 0 Å². The van der Waals surface area contributed by atoms with E-state index in [1.54, 1.807) is 12.1 Å². The van der Waals surface area contributed by atoms with Gasteiger partial charge in [0, 0.05) is 24.5 Å². The Bertz CT molecular complexity index is 644. The highest BCUT2D eigenvalue weighted by molar-refractivity contribution is 5.65. The minimum atomic E-state index is -2.80. The Morgan fingerprint density at radius 2 is 1.82 bits per heavy atom. The van der Waals surface area contributed by atoms with E-state index in [-0.39, 0.29) is 5.75 Å². The molecule has 0 fully saturated rings. The molecule has 1 aliphatic rings. The third-order valence-electron chi connectivity index (χ3n) is 3.74. The van der Waals surface area contributed by atoms with Crippen LogP contribution in [0.2, 0.25) is 0 Å². The van der Waals surface area contributed by atoms with Gasteiger partial charge < -0.3 is 14.4 Å². The molecule has 0 radical (unpaired) electrons. The molecule has 22 heavy (non-hydrogen) atoms. The molecule has 2 aromatic rings. The Morgan fingerprint density at radius 1 is 1.09 bits per heavy atom. The van der Waals surface area contributed by atoms with Gasteiger partial charge >= 0.3 is 6.61 Å². The van der Waals surface area contributed by atoms with E-state index in [0.29, 0.717) is 0 Å². The molecule has 0 N–H and O–H groups in total. The predicted octanol–water partition coefficient (Wildman–Crippen LogP) is 4.38. The van der Waals surface area contributed by atoms with E-state index in [1.165, 1.54) is 17.7 Å². The molecule has 0 spiro atoms. The predicted molar refractivity (Wildman–Crippen MR) is 81.4 cm³/mol. The largest absolute Gasteiger partial charge is 0.493 e. The topological polar surface area (TPSA) is 21.7 Å². The maximum absolute atomic E-state index is 12.2. The minimum absolute atomic E-state index is 0.154. The van der Waals surface area contributed by atoms with Gasteiger partial charge in [-0.3, -0.25) is 0 Å². The van der Waals surface area contributed by atoms with E-state index < -0.39 is 6.61 Å². The van der Waals surface area contributed by atoms with Crippen molar-refractivity contribution in [2.24, 2.45) is 0 Å². The molecule has 2 aromatic carbocycles. The maximum atomic E-state index is 12.2. The highest BCUT2D eigenvalue weighted by Gasteiger charge is 2.13. The highest BCUT2D eigenvalue weighted by atomic mass is 19.3. The van der Waals surface area contributed by atoms with E-state index in [4.69, 9.17) is 4.74 Å². The third kappa shape index (κ3) is 3.13. The number of anilines is 2. The van der Waals surface area contributed by atoms with Crippen LogP contribution >= 0.6 is 0 Å². The Morgan fingerprint density at radius 3 is 2.55 bits per heavy atom. The van der Waals surface area contributed by atoms with Crippen LogP contribution < -0.4 is 14.4 Å². The molecule has 0 aromatic heterocycles. The molecule has 0 aliphatic carbocycles. The summed E-state index contributed by atoms with van der Waals surface area (Å²) in [7, 11) is 1.92. The molecule has 1 aliphatic heterocycles. The number of nitrogens with zero attached hydrogens (tertiary/aromatic N) is 1. The quantitative estimate of drug-likeness (QED) is 0.836. The number of benzene rings is 2. The summed E-state index contributed by atoms with van der Waals surface area (Å²) < 4.78 is 34.4. The van der Waals surface area contributed by atoms with E-state index in [9.17, 15) is 8.78 Å². The fourth-order valence-corrected chi connectivity index (χ4v) is 2.54. The summed E-state index contributed by atoms with van der Waals surface area (Å²) in [5, 5.41) is 0. The molecular formula is C17H17F2NO2. The fourth-order valence-electron chi connectivity index (χ4n) is 2.54. The molecule has 0 amide bonds. The summed E-state index contributed by atoms with van der Waals surface area (Å²) in [4.78, 5) is 1.98. The van der Waals surface area contributed by atoms with Crippen molar-refractivity contribution in [3.63, 3.8) is 0 Å². The van der Waals surface area contributed by atoms with Crippen LogP contribution in [0.4, 0.5) is 20.2 Å². The molecule has 0 saturated carbocycles.